The largest absolute Gasteiger partial charge is 0.310 e. The van der Waals surface area contributed by atoms with Crippen molar-refractivity contribution in [3.63, 3.8) is 0 Å². The van der Waals surface area contributed by atoms with Crippen molar-refractivity contribution in [2.75, 3.05) is 11.9 Å². The molecule has 0 saturated heterocycles. The third-order valence-electron chi connectivity index (χ3n) is 13.2. The van der Waals surface area contributed by atoms with E-state index >= 15 is 0 Å². The number of anilines is 3. The highest BCUT2D eigenvalue weighted by atomic mass is 15.4. The quantitative estimate of drug-likeness (QED) is 0.139. The summed E-state index contributed by atoms with van der Waals surface area (Å²) in [5.41, 5.74) is 20.3. The van der Waals surface area contributed by atoms with Crippen LogP contribution >= 0.6 is 0 Å². The summed E-state index contributed by atoms with van der Waals surface area (Å²) >= 11 is 0. The molecule has 302 valence electrons. The number of aromatic nitrogens is 1. The molecule has 0 N–H and O–H groups in total. The van der Waals surface area contributed by atoms with Crippen LogP contribution < -0.4 is 9.38 Å². The predicted molar refractivity (Wildman–Crippen MR) is 271 cm³/mol. The van der Waals surface area contributed by atoms with Crippen molar-refractivity contribution in [3.8, 4) is 50.2 Å². The first-order chi connectivity index (χ1) is 31.6. The van der Waals surface area contributed by atoms with Gasteiger partial charge in [0.2, 0.25) is 0 Å². The van der Waals surface area contributed by atoms with E-state index in [0.29, 0.717) is 4.48 Å². The van der Waals surface area contributed by atoms with E-state index < -0.39 is 0 Å². The van der Waals surface area contributed by atoms with Crippen LogP contribution in [0.15, 0.2) is 249 Å². The lowest BCUT2D eigenvalue weighted by Crippen LogP contribution is -2.31. The van der Waals surface area contributed by atoms with Gasteiger partial charge >= 0.3 is 0 Å². The molecule has 1 aliphatic heterocycles. The Labute approximate surface area is 374 Å². The molecule has 0 aliphatic carbocycles. The first-order valence-corrected chi connectivity index (χ1v) is 22.0. The van der Waals surface area contributed by atoms with Crippen LogP contribution in [0.5, 0.6) is 0 Å². The number of benzene rings is 10. The molecule has 0 bridgehead atoms. The SMILES string of the molecule is C[N+]1(c2ccccc2)c2ccccc2-c2ccc(N(c3ccc(-c4ccccc4)cc3)c3cccc(-c4cccc(-c5ccc6c(c5)c5ccccc5n6-c5ccccc5)c4)c3)cc21. The van der Waals surface area contributed by atoms with Crippen LogP contribution in [-0.2, 0) is 0 Å². The second kappa shape index (κ2) is 15.3. The molecule has 11 aromatic rings. The number of nitrogens with zero attached hydrogens (tertiary/aromatic N) is 3. The predicted octanol–water partition coefficient (Wildman–Crippen LogP) is 16.8. The van der Waals surface area contributed by atoms with Crippen molar-refractivity contribution in [2.24, 2.45) is 0 Å². The fourth-order valence-electron chi connectivity index (χ4n) is 10.1. The van der Waals surface area contributed by atoms with Gasteiger partial charge in [-0.05, 0) is 124 Å². The molecule has 64 heavy (non-hydrogen) atoms. The van der Waals surface area contributed by atoms with Gasteiger partial charge in [0.25, 0.3) is 0 Å². The molecule has 12 rings (SSSR count). The van der Waals surface area contributed by atoms with Gasteiger partial charge in [0, 0.05) is 51.1 Å². The average molecular weight is 819 g/mol. The summed E-state index contributed by atoms with van der Waals surface area (Å²) in [6.07, 6.45) is 0. The van der Waals surface area contributed by atoms with E-state index in [0.717, 1.165) is 22.6 Å². The van der Waals surface area contributed by atoms with Gasteiger partial charge in [-0.25, -0.2) is 4.48 Å². The zero-order valence-corrected chi connectivity index (χ0v) is 35.5. The minimum atomic E-state index is 0.590. The second-order valence-electron chi connectivity index (χ2n) is 16.9. The van der Waals surface area contributed by atoms with Crippen LogP contribution in [0, 0.1) is 0 Å². The van der Waals surface area contributed by atoms with Crippen molar-refractivity contribution in [3.05, 3.63) is 249 Å². The van der Waals surface area contributed by atoms with E-state index in [4.69, 9.17) is 0 Å². The molecule has 0 radical (unpaired) electrons. The molecule has 0 amide bonds. The molecule has 1 unspecified atom stereocenters. The maximum absolute atomic E-state index is 2.41. The summed E-state index contributed by atoms with van der Waals surface area (Å²) in [7, 11) is 2.33. The van der Waals surface area contributed by atoms with Gasteiger partial charge in [-0.3, -0.25) is 0 Å². The van der Waals surface area contributed by atoms with Crippen LogP contribution in [-0.4, -0.2) is 11.6 Å². The van der Waals surface area contributed by atoms with Crippen LogP contribution in [0.2, 0.25) is 0 Å². The first-order valence-electron chi connectivity index (χ1n) is 22.0. The number of quaternary nitrogens is 1. The Hall–Kier alpha value is -8.24. The van der Waals surface area contributed by atoms with Gasteiger partial charge in [-0.1, -0.05) is 146 Å². The van der Waals surface area contributed by atoms with E-state index in [1.165, 1.54) is 83.5 Å². The fraction of sp³-hybridized carbons (Fsp3) is 0.0164. The minimum Gasteiger partial charge on any atom is -0.310 e. The maximum Gasteiger partial charge on any atom is 0.153 e. The van der Waals surface area contributed by atoms with E-state index in [1.54, 1.807) is 0 Å². The van der Waals surface area contributed by atoms with Crippen LogP contribution in [0.1, 0.15) is 0 Å². The number of rotatable bonds is 8. The topological polar surface area (TPSA) is 8.17 Å². The highest BCUT2D eigenvalue weighted by Gasteiger charge is 2.42. The Morgan fingerprint density at radius 1 is 0.328 bits per heavy atom. The standard InChI is InChI=1S/C61H44N3/c1-64(53-25-9-4-10-26-53)60-30-14-12-28-55(60)56-37-36-52(42-61(56)64)62(50-34-31-44(32-35-50)43-17-5-2-6-18-43)51-24-16-21-47(40-51)45-19-15-20-46(39-45)48-33-38-59-57(41-48)54-27-11-13-29-58(54)63(59)49-22-7-3-8-23-49/h2-42H,1H3/q+1. The lowest BCUT2D eigenvalue weighted by Gasteiger charge is -2.32. The summed E-state index contributed by atoms with van der Waals surface area (Å²) < 4.78 is 2.96. The molecule has 10 aromatic carbocycles. The molecule has 1 aromatic heterocycles. The van der Waals surface area contributed by atoms with Gasteiger partial charge in [0.05, 0.1) is 23.8 Å². The summed E-state index contributed by atoms with van der Waals surface area (Å²) in [4.78, 5) is 2.41. The third-order valence-corrected chi connectivity index (χ3v) is 13.2. The van der Waals surface area contributed by atoms with Gasteiger partial charge < -0.3 is 9.47 Å². The number of hydrogen-bond donors (Lipinski definition) is 0. The van der Waals surface area contributed by atoms with Crippen LogP contribution in [0.25, 0.3) is 72.0 Å². The highest BCUT2D eigenvalue weighted by molar-refractivity contribution is 6.10. The second-order valence-corrected chi connectivity index (χ2v) is 16.9. The van der Waals surface area contributed by atoms with Gasteiger partial charge in [0.1, 0.15) is 5.69 Å². The Kier molecular flexibility index (Phi) is 8.96. The lowest BCUT2D eigenvalue weighted by atomic mass is 9.97. The number of para-hydroxylation sites is 4. The summed E-state index contributed by atoms with van der Waals surface area (Å²) in [6, 6.07) is 90.7. The molecular formula is C61H44N3+. The Morgan fingerprint density at radius 2 is 0.859 bits per heavy atom. The monoisotopic (exact) mass is 818 g/mol. The first kappa shape index (κ1) is 37.5. The molecule has 2 heterocycles. The summed E-state index contributed by atoms with van der Waals surface area (Å²) in [5.74, 6) is 0. The van der Waals surface area contributed by atoms with E-state index in [1.807, 2.05) is 0 Å². The minimum absolute atomic E-state index is 0.590. The molecule has 1 atom stereocenters. The van der Waals surface area contributed by atoms with Gasteiger partial charge in [-0.2, -0.15) is 0 Å². The summed E-state index contributed by atoms with van der Waals surface area (Å²) in [5, 5.41) is 2.50. The number of fused-ring (bicyclic) bond motifs is 6. The molecule has 3 heteroatoms. The zero-order chi connectivity index (χ0) is 42.6. The van der Waals surface area contributed by atoms with E-state index in [-0.39, 0.29) is 0 Å². The Bertz CT molecular complexity index is 3500. The third kappa shape index (κ3) is 6.17. The molecule has 0 saturated carbocycles. The van der Waals surface area contributed by atoms with Crippen molar-refractivity contribution in [2.45, 2.75) is 0 Å². The van der Waals surface area contributed by atoms with Crippen molar-refractivity contribution in [1.29, 1.82) is 0 Å². The van der Waals surface area contributed by atoms with Crippen molar-refractivity contribution < 1.29 is 0 Å². The van der Waals surface area contributed by atoms with E-state index in [9.17, 15) is 0 Å². The lowest BCUT2D eigenvalue weighted by molar-refractivity contribution is 0.642. The average Bonchev–Trinajstić information content (AvgIpc) is 3.84. The highest BCUT2D eigenvalue weighted by Crippen LogP contribution is 2.57. The van der Waals surface area contributed by atoms with Crippen LogP contribution in [0.3, 0.4) is 0 Å². The number of hydrogen-bond acceptors (Lipinski definition) is 1. The smallest absolute Gasteiger partial charge is 0.153 e. The zero-order valence-electron chi connectivity index (χ0n) is 35.5. The van der Waals surface area contributed by atoms with Crippen molar-refractivity contribution >= 4 is 55.9 Å². The van der Waals surface area contributed by atoms with Gasteiger partial charge in [0.15, 0.2) is 11.4 Å². The molecule has 0 fully saturated rings. The van der Waals surface area contributed by atoms with Crippen molar-refractivity contribution in [1.82, 2.24) is 9.05 Å². The van der Waals surface area contributed by atoms with E-state index in [2.05, 4.69) is 265 Å². The maximum atomic E-state index is 2.41. The van der Waals surface area contributed by atoms with Crippen LogP contribution in [0.4, 0.5) is 34.1 Å². The molecular weight excluding hydrogens is 775 g/mol. The normalized spacial score (nSPS) is 14.1. The molecule has 0 spiro atoms. The Balaban J connectivity index is 0.971. The fourth-order valence-corrected chi connectivity index (χ4v) is 10.1. The molecule has 1 aliphatic rings. The van der Waals surface area contributed by atoms with Gasteiger partial charge in [-0.15, -0.1) is 0 Å². The Morgan fingerprint density at radius 3 is 1.64 bits per heavy atom. The molecule has 3 nitrogen and oxygen atoms in total. The summed E-state index contributed by atoms with van der Waals surface area (Å²) in [6.45, 7) is 0.